The van der Waals surface area contributed by atoms with Gasteiger partial charge in [-0.2, -0.15) is 0 Å². The van der Waals surface area contributed by atoms with E-state index < -0.39 is 0 Å². The Bertz CT molecular complexity index is 944. The zero-order valence-corrected chi connectivity index (χ0v) is 18.7. The lowest BCUT2D eigenvalue weighted by molar-refractivity contribution is -0.140. The van der Waals surface area contributed by atoms with Crippen LogP contribution in [0.15, 0.2) is 18.2 Å². The van der Waals surface area contributed by atoms with Crippen molar-refractivity contribution in [1.82, 2.24) is 25.5 Å². The summed E-state index contributed by atoms with van der Waals surface area (Å²) < 4.78 is 18.9. The molecule has 2 saturated heterocycles. The number of amides is 1. The first kappa shape index (κ1) is 21.8. The summed E-state index contributed by atoms with van der Waals surface area (Å²) in [5, 5.41) is 6.73. The number of benzene rings is 1. The first-order chi connectivity index (χ1) is 15.6. The van der Waals surface area contributed by atoms with Crippen LogP contribution in [0.25, 0.3) is 11.0 Å². The van der Waals surface area contributed by atoms with Crippen LogP contribution in [-0.2, 0) is 16.0 Å². The van der Waals surface area contributed by atoms with E-state index in [2.05, 4.69) is 25.5 Å². The molecule has 0 spiro atoms. The van der Waals surface area contributed by atoms with Crippen LogP contribution >= 0.6 is 0 Å². The molecule has 8 heteroatoms. The van der Waals surface area contributed by atoms with Gasteiger partial charge in [-0.25, -0.2) is 9.37 Å². The number of nitrogens with one attached hydrogen (secondary N) is 3. The van der Waals surface area contributed by atoms with Crippen LogP contribution in [0.1, 0.15) is 37.9 Å². The molecule has 3 atom stereocenters. The Morgan fingerprint density at radius 3 is 3.06 bits per heavy atom. The molecule has 3 N–H and O–H groups in total. The van der Waals surface area contributed by atoms with Crippen molar-refractivity contribution < 1.29 is 13.9 Å². The minimum Gasteiger partial charge on any atom is -0.379 e. The minimum absolute atomic E-state index is 0.210. The van der Waals surface area contributed by atoms with E-state index in [0.29, 0.717) is 18.5 Å². The van der Waals surface area contributed by atoms with E-state index in [1.54, 1.807) is 6.07 Å². The summed E-state index contributed by atoms with van der Waals surface area (Å²) >= 11 is 0. The molecule has 0 bridgehead atoms. The summed E-state index contributed by atoms with van der Waals surface area (Å²) in [6.45, 7) is 6.11. The van der Waals surface area contributed by atoms with Crippen LogP contribution in [0.4, 0.5) is 4.39 Å². The number of carbonyl (C=O) groups is 1. The number of ether oxygens (including phenoxy) is 1. The van der Waals surface area contributed by atoms with Crippen molar-refractivity contribution in [2.45, 2.75) is 44.6 Å². The first-order valence-electron chi connectivity index (χ1n) is 12.1. The van der Waals surface area contributed by atoms with Gasteiger partial charge in [0, 0.05) is 38.6 Å². The largest absolute Gasteiger partial charge is 0.379 e. The first-order valence-corrected chi connectivity index (χ1v) is 12.1. The van der Waals surface area contributed by atoms with Crippen LogP contribution in [0.5, 0.6) is 0 Å². The number of hydrogen-bond acceptors (Lipinski definition) is 5. The average molecular weight is 444 g/mol. The van der Waals surface area contributed by atoms with Crippen molar-refractivity contribution in [2.24, 2.45) is 11.3 Å². The molecule has 0 unspecified atom stereocenters. The van der Waals surface area contributed by atoms with Gasteiger partial charge in [-0.1, -0.05) is 0 Å². The molecule has 1 saturated carbocycles. The summed E-state index contributed by atoms with van der Waals surface area (Å²) in [6.07, 6.45) is 5.76. The molecule has 1 aromatic carbocycles. The van der Waals surface area contributed by atoms with Crippen molar-refractivity contribution in [3.8, 4) is 0 Å². The molecule has 3 fully saturated rings. The Balaban J connectivity index is 1.15. The molecule has 1 aromatic heterocycles. The Labute approximate surface area is 188 Å². The highest BCUT2D eigenvalue weighted by Gasteiger charge is 2.50. The van der Waals surface area contributed by atoms with Gasteiger partial charge in [0.25, 0.3) is 0 Å². The highest BCUT2D eigenvalue weighted by atomic mass is 19.1. The standard InChI is InChI=1S/C24H34FN5O2/c25-18-3-4-20-21(15-18)29-22(28-20)2-1-8-27-23(31)24-7-5-19(30-10-12-32-13-11-30)14-17(24)6-9-26-16-24/h3-4,15,17,19,26H,1-2,5-14,16H2,(H,27,31)(H,28,29)/t17-,19+,24-/m1/s1. The van der Waals surface area contributed by atoms with E-state index in [-0.39, 0.29) is 17.1 Å². The lowest BCUT2D eigenvalue weighted by Gasteiger charge is -2.50. The Kier molecular flexibility index (Phi) is 6.44. The van der Waals surface area contributed by atoms with Crippen LogP contribution < -0.4 is 10.6 Å². The van der Waals surface area contributed by atoms with E-state index >= 15 is 0 Å². The van der Waals surface area contributed by atoms with Crippen molar-refractivity contribution in [1.29, 1.82) is 0 Å². The number of aryl methyl sites for hydroxylation is 1. The molecular formula is C24H34FN5O2. The number of hydrogen-bond donors (Lipinski definition) is 3. The molecule has 174 valence electrons. The zero-order chi connectivity index (χ0) is 22.0. The van der Waals surface area contributed by atoms with Crippen LogP contribution in [0.3, 0.4) is 0 Å². The monoisotopic (exact) mass is 443 g/mol. The molecule has 2 aliphatic heterocycles. The van der Waals surface area contributed by atoms with E-state index in [9.17, 15) is 9.18 Å². The van der Waals surface area contributed by atoms with Gasteiger partial charge in [0.15, 0.2) is 0 Å². The van der Waals surface area contributed by atoms with Crippen molar-refractivity contribution in [2.75, 3.05) is 45.9 Å². The molecule has 3 aliphatic rings. The van der Waals surface area contributed by atoms with Gasteiger partial charge in [-0.05, 0) is 62.8 Å². The van der Waals surface area contributed by atoms with Gasteiger partial charge in [-0.15, -0.1) is 0 Å². The molecule has 2 aromatic rings. The molecule has 32 heavy (non-hydrogen) atoms. The number of aromatic amines is 1. The smallest absolute Gasteiger partial charge is 0.227 e. The van der Waals surface area contributed by atoms with Gasteiger partial charge in [0.05, 0.1) is 29.7 Å². The van der Waals surface area contributed by atoms with Crippen LogP contribution in [0, 0.1) is 17.2 Å². The van der Waals surface area contributed by atoms with Crippen molar-refractivity contribution >= 4 is 16.9 Å². The molecule has 1 aliphatic carbocycles. The highest BCUT2D eigenvalue weighted by Crippen LogP contribution is 2.46. The quantitative estimate of drug-likeness (QED) is 0.597. The van der Waals surface area contributed by atoms with Gasteiger partial charge in [0.1, 0.15) is 11.6 Å². The zero-order valence-electron chi connectivity index (χ0n) is 18.7. The van der Waals surface area contributed by atoms with Crippen molar-refractivity contribution in [3.05, 3.63) is 29.8 Å². The maximum atomic E-state index is 13.4. The summed E-state index contributed by atoms with van der Waals surface area (Å²) in [5.41, 5.74) is 1.21. The van der Waals surface area contributed by atoms with Crippen LogP contribution in [-0.4, -0.2) is 72.8 Å². The predicted molar refractivity (Wildman–Crippen MR) is 121 cm³/mol. The Hall–Kier alpha value is -2.03. The maximum Gasteiger partial charge on any atom is 0.227 e. The Morgan fingerprint density at radius 2 is 2.19 bits per heavy atom. The number of aromatic nitrogens is 2. The SMILES string of the molecule is O=C(NCCCc1nc2ccc(F)cc2[nH]1)[C@@]12CC[C@H](N3CCOCC3)C[C@H]1CCNC2. The maximum absolute atomic E-state index is 13.4. The summed E-state index contributed by atoms with van der Waals surface area (Å²) in [7, 11) is 0. The molecule has 1 amide bonds. The lowest BCUT2D eigenvalue weighted by atomic mass is 9.61. The fourth-order valence-corrected chi connectivity index (χ4v) is 5.96. The summed E-state index contributed by atoms with van der Waals surface area (Å²) in [4.78, 5) is 23.7. The number of halogens is 1. The highest BCUT2D eigenvalue weighted by molar-refractivity contribution is 5.83. The second-order valence-electron chi connectivity index (χ2n) is 9.60. The molecule has 5 rings (SSSR count). The topological polar surface area (TPSA) is 82.3 Å². The van der Waals surface area contributed by atoms with E-state index in [1.807, 2.05) is 0 Å². The normalized spacial score (nSPS) is 29.0. The molecule has 7 nitrogen and oxygen atoms in total. The number of rotatable bonds is 6. The van der Waals surface area contributed by atoms with Gasteiger partial charge in [0.2, 0.25) is 5.91 Å². The number of morpholine rings is 1. The van der Waals surface area contributed by atoms with E-state index in [4.69, 9.17) is 4.74 Å². The number of nitrogens with zero attached hydrogens (tertiary/aromatic N) is 2. The number of fused-ring (bicyclic) bond motifs is 2. The third kappa shape index (κ3) is 4.40. The third-order valence-electron chi connectivity index (χ3n) is 7.75. The molecule has 0 radical (unpaired) electrons. The second kappa shape index (κ2) is 9.45. The van der Waals surface area contributed by atoms with Gasteiger partial charge < -0.3 is 20.4 Å². The van der Waals surface area contributed by atoms with E-state index in [0.717, 1.165) is 94.8 Å². The fourth-order valence-electron chi connectivity index (χ4n) is 5.96. The Morgan fingerprint density at radius 1 is 1.31 bits per heavy atom. The van der Waals surface area contributed by atoms with Crippen molar-refractivity contribution in [3.63, 3.8) is 0 Å². The average Bonchev–Trinajstić information content (AvgIpc) is 3.23. The molecular weight excluding hydrogens is 409 g/mol. The number of H-pyrrole nitrogens is 1. The number of carbonyl (C=O) groups excluding carboxylic acids is 1. The molecule has 3 heterocycles. The van der Waals surface area contributed by atoms with Gasteiger partial charge in [-0.3, -0.25) is 9.69 Å². The summed E-state index contributed by atoms with van der Waals surface area (Å²) in [5.74, 6) is 1.22. The number of piperidine rings is 1. The van der Waals surface area contributed by atoms with Gasteiger partial charge >= 0.3 is 0 Å². The lowest BCUT2D eigenvalue weighted by Crippen LogP contribution is -2.60. The minimum atomic E-state index is -0.280. The van der Waals surface area contributed by atoms with E-state index in [1.165, 1.54) is 12.1 Å². The third-order valence-corrected chi connectivity index (χ3v) is 7.75. The number of imidazole rings is 1. The predicted octanol–water partition coefficient (Wildman–Crippen LogP) is 2.23. The summed E-state index contributed by atoms with van der Waals surface area (Å²) in [6, 6.07) is 5.17. The van der Waals surface area contributed by atoms with Crippen LogP contribution in [0.2, 0.25) is 0 Å². The fraction of sp³-hybridized carbons (Fsp3) is 0.667. The second-order valence-corrected chi connectivity index (χ2v) is 9.60.